The summed E-state index contributed by atoms with van der Waals surface area (Å²) in [7, 11) is -2.53. The van der Waals surface area contributed by atoms with Gasteiger partial charge in [0.25, 0.3) is 5.91 Å². The molecule has 0 fully saturated rings. The Hall–Kier alpha value is -3.69. The summed E-state index contributed by atoms with van der Waals surface area (Å²) < 4.78 is 30.5. The predicted octanol–water partition coefficient (Wildman–Crippen LogP) is 2.67. The molecule has 3 N–H and O–H groups in total. The molecule has 9 heteroatoms. The number of hydrogen-bond acceptors (Lipinski definition) is 5. The molecule has 0 aliphatic rings. The number of carbonyl (C=O) groups is 1. The second kappa shape index (κ2) is 8.81. The number of methoxy groups -OCH3 is 1. The zero-order chi connectivity index (χ0) is 22.7. The third-order valence-corrected chi connectivity index (χ3v) is 6.01. The second-order valence-electron chi connectivity index (χ2n) is 7.27. The molecule has 4 aromatic rings. The van der Waals surface area contributed by atoms with Crippen molar-refractivity contribution in [2.75, 3.05) is 7.11 Å². The van der Waals surface area contributed by atoms with Gasteiger partial charge in [-0.2, -0.15) is 0 Å². The van der Waals surface area contributed by atoms with Crippen LogP contribution in [0.25, 0.3) is 11.0 Å². The average Bonchev–Trinajstić information content (AvgIpc) is 3.20. The lowest BCUT2D eigenvalue weighted by Gasteiger charge is -2.11. The minimum Gasteiger partial charge on any atom is -0.496 e. The van der Waals surface area contributed by atoms with Gasteiger partial charge in [0.1, 0.15) is 5.75 Å². The van der Waals surface area contributed by atoms with E-state index in [1.165, 1.54) is 25.3 Å². The van der Waals surface area contributed by atoms with E-state index in [4.69, 9.17) is 9.88 Å². The molecule has 8 nitrogen and oxygen atoms in total. The molecular weight excluding hydrogens is 428 g/mol. The molecule has 0 aliphatic carbocycles. The first kappa shape index (κ1) is 21.5. The van der Waals surface area contributed by atoms with Crippen molar-refractivity contribution in [3.8, 4) is 5.75 Å². The van der Waals surface area contributed by atoms with E-state index < -0.39 is 15.9 Å². The number of carbonyl (C=O) groups excluding carboxylic acids is 1. The Morgan fingerprint density at radius 3 is 2.50 bits per heavy atom. The first-order valence-electron chi connectivity index (χ1n) is 9.82. The topological polar surface area (TPSA) is 116 Å². The number of nitrogens with one attached hydrogen (secondary N) is 1. The van der Waals surface area contributed by atoms with Gasteiger partial charge in [-0.05, 0) is 41.5 Å². The Morgan fingerprint density at radius 1 is 1.06 bits per heavy atom. The number of nitrogens with zero attached hydrogens (tertiary/aromatic N) is 2. The predicted molar refractivity (Wildman–Crippen MR) is 121 cm³/mol. The SMILES string of the molecule is COc1ccc(S(N)(=O)=O)cc1C(=O)NCc1ccc(Cn2cnc3ccccc32)cc1. The van der Waals surface area contributed by atoms with Crippen LogP contribution >= 0.6 is 0 Å². The number of amides is 1. The van der Waals surface area contributed by atoms with Crippen LogP contribution in [0.4, 0.5) is 0 Å². The van der Waals surface area contributed by atoms with Crippen LogP contribution in [0.15, 0.2) is 78.0 Å². The standard InChI is InChI=1S/C23H22N4O4S/c1-31-22-11-10-18(32(24,29)30)12-19(22)23(28)25-13-16-6-8-17(9-7-16)14-27-15-26-20-4-2-3-5-21(20)27/h2-12,15H,13-14H2,1H3,(H,25,28)(H2,24,29,30). The maximum atomic E-state index is 12.6. The number of para-hydroxylation sites is 2. The molecule has 0 atom stereocenters. The summed E-state index contributed by atoms with van der Waals surface area (Å²) in [6.45, 7) is 0.959. The molecular formula is C23H22N4O4S. The minimum absolute atomic E-state index is 0.0997. The largest absolute Gasteiger partial charge is 0.496 e. The van der Waals surface area contributed by atoms with Crippen molar-refractivity contribution in [2.24, 2.45) is 5.14 Å². The lowest BCUT2D eigenvalue weighted by Crippen LogP contribution is -2.24. The Balaban J connectivity index is 1.44. The molecule has 1 amide bonds. The number of benzene rings is 3. The monoisotopic (exact) mass is 450 g/mol. The highest BCUT2D eigenvalue weighted by molar-refractivity contribution is 7.89. The summed E-state index contributed by atoms with van der Waals surface area (Å²) in [5.41, 5.74) is 4.13. The highest BCUT2D eigenvalue weighted by atomic mass is 32.2. The van der Waals surface area contributed by atoms with Crippen LogP contribution in [0.1, 0.15) is 21.5 Å². The minimum atomic E-state index is -3.93. The van der Waals surface area contributed by atoms with Crippen molar-refractivity contribution >= 4 is 27.0 Å². The first-order chi connectivity index (χ1) is 15.3. The van der Waals surface area contributed by atoms with E-state index >= 15 is 0 Å². The van der Waals surface area contributed by atoms with E-state index in [0.717, 1.165) is 22.2 Å². The van der Waals surface area contributed by atoms with Crippen LogP contribution in [-0.2, 0) is 23.1 Å². The first-order valence-corrected chi connectivity index (χ1v) is 11.4. The van der Waals surface area contributed by atoms with Gasteiger partial charge in [0.2, 0.25) is 10.0 Å². The van der Waals surface area contributed by atoms with Crippen LogP contribution in [0.3, 0.4) is 0 Å². The summed E-state index contributed by atoms with van der Waals surface area (Å²) in [5.74, 6) is -0.195. The molecule has 0 saturated carbocycles. The van der Waals surface area contributed by atoms with Gasteiger partial charge in [-0.1, -0.05) is 36.4 Å². The number of sulfonamides is 1. The molecule has 0 unspecified atom stereocenters. The highest BCUT2D eigenvalue weighted by Crippen LogP contribution is 2.22. The van der Waals surface area contributed by atoms with Crippen molar-refractivity contribution in [3.05, 3.63) is 89.7 Å². The van der Waals surface area contributed by atoms with Gasteiger partial charge in [-0.3, -0.25) is 4.79 Å². The van der Waals surface area contributed by atoms with Gasteiger partial charge in [0.15, 0.2) is 0 Å². The quantitative estimate of drug-likeness (QED) is 0.449. The molecule has 0 saturated heterocycles. The number of nitrogens with two attached hydrogens (primary N) is 1. The van der Waals surface area contributed by atoms with Gasteiger partial charge in [-0.25, -0.2) is 18.5 Å². The number of ether oxygens (including phenoxy) is 1. The third kappa shape index (κ3) is 4.63. The zero-order valence-electron chi connectivity index (χ0n) is 17.4. The smallest absolute Gasteiger partial charge is 0.255 e. The zero-order valence-corrected chi connectivity index (χ0v) is 18.2. The number of hydrogen-bond donors (Lipinski definition) is 2. The van der Waals surface area contributed by atoms with E-state index in [1.54, 1.807) is 0 Å². The highest BCUT2D eigenvalue weighted by Gasteiger charge is 2.17. The summed E-state index contributed by atoms with van der Waals surface area (Å²) >= 11 is 0. The van der Waals surface area contributed by atoms with E-state index in [1.807, 2.05) is 54.9 Å². The van der Waals surface area contributed by atoms with Gasteiger partial charge in [-0.15, -0.1) is 0 Å². The van der Waals surface area contributed by atoms with Crippen LogP contribution in [0.2, 0.25) is 0 Å². The number of imidazole rings is 1. The Morgan fingerprint density at radius 2 is 1.78 bits per heavy atom. The summed E-state index contributed by atoms with van der Waals surface area (Å²) in [6.07, 6.45) is 1.82. The molecule has 0 aliphatic heterocycles. The van der Waals surface area contributed by atoms with Crippen LogP contribution in [0.5, 0.6) is 5.75 Å². The number of primary sulfonamides is 1. The Labute approximate surface area is 185 Å². The maximum absolute atomic E-state index is 12.6. The maximum Gasteiger partial charge on any atom is 0.255 e. The van der Waals surface area contributed by atoms with Crippen LogP contribution in [0, 0.1) is 0 Å². The molecule has 3 aromatic carbocycles. The molecule has 1 aromatic heterocycles. The molecule has 164 valence electrons. The Kier molecular flexibility index (Phi) is 5.93. The van der Waals surface area contributed by atoms with E-state index in [9.17, 15) is 13.2 Å². The van der Waals surface area contributed by atoms with Crippen LogP contribution in [-0.4, -0.2) is 31.0 Å². The van der Waals surface area contributed by atoms with Gasteiger partial charge in [0.05, 0.1) is 34.9 Å². The summed E-state index contributed by atoms with van der Waals surface area (Å²) in [6, 6.07) is 19.7. The molecule has 4 rings (SSSR count). The number of aromatic nitrogens is 2. The van der Waals surface area contributed by atoms with E-state index in [0.29, 0.717) is 6.54 Å². The lowest BCUT2D eigenvalue weighted by atomic mass is 10.1. The number of fused-ring (bicyclic) bond motifs is 1. The normalized spacial score (nSPS) is 11.4. The summed E-state index contributed by atoms with van der Waals surface area (Å²) in [5, 5.41) is 7.96. The fourth-order valence-electron chi connectivity index (χ4n) is 3.41. The van der Waals surface area contributed by atoms with E-state index in [2.05, 4.69) is 14.9 Å². The molecule has 1 heterocycles. The fraction of sp³-hybridized carbons (Fsp3) is 0.130. The Bertz CT molecular complexity index is 1380. The lowest BCUT2D eigenvalue weighted by molar-refractivity contribution is 0.0947. The number of rotatable bonds is 7. The van der Waals surface area contributed by atoms with Gasteiger partial charge in [0, 0.05) is 13.1 Å². The van der Waals surface area contributed by atoms with Crippen molar-refractivity contribution in [3.63, 3.8) is 0 Å². The second-order valence-corrected chi connectivity index (χ2v) is 8.83. The summed E-state index contributed by atoms with van der Waals surface area (Å²) in [4.78, 5) is 16.9. The third-order valence-electron chi connectivity index (χ3n) is 5.10. The molecule has 0 bridgehead atoms. The fourth-order valence-corrected chi connectivity index (χ4v) is 3.95. The van der Waals surface area contributed by atoms with Gasteiger partial charge >= 0.3 is 0 Å². The van der Waals surface area contributed by atoms with E-state index in [-0.39, 0.29) is 22.8 Å². The molecule has 0 spiro atoms. The van der Waals surface area contributed by atoms with Crippen molar-refractivity contribution < 1.29 is 17.9 Å². The average molecular weight is 451 g/mol. The van der Waals surface area contributed by atoms with Crippen LogP contribution < -0.4 is 15.2 Å². The van der Waals surface area contributed by atoms with Gasteiger partial charge < -0.3 is 14.6 Å². The van der Waals surface area contributed by atoms with Crippen molar-refractivity contribution in [1.29, 1.82) is 0 Å². The molecule has 32 heavy (non-hydrogen) atoms. The van der Waals surface area contributed by atoms with Crippen molar-refractivity contribution in [1.82, 2.24) is 14.9 Å². The van der Waals surface area contributed by atoms with Crippen molar-refractivity contribution in [2.45, 2.75) is 18.0 Å². The molecule has 0 radical (unpaired) electrons.